The van der Waals surface area contributed by atoms with E-state index in [1.165, 1.54) is 49.0 Å². The molecule has 162 valence electrons. The van der Waals surface area contributed by atoms with Crippen LogP contribution in [0.3, 0.4) is 0 Å². The van der Waals surface area contributed by atoms with Crippen LogP contribution in [0.4, 0.5) is 15.6 Å². The number of carbonyl (C=O) groups is 1. The van der Waals surface area contributed by atoms with E-state index in [0.29, 0.717) is 31.8 Å². The van der Waals surface area contributed by atoms with E-state index in [2.05, 4.69) is 33.0 Å². The van der Waals surface area contributed by atoms with Gasteiger partial charge < -0.3 is 10.1 Å². The molecule has 1 aliphatic rings. The van der Waals surface area contributed by atoms with Crippen molar-refractivity contribution in [3.8, 4) is 5.75 Å². The fourth-order valence-corrected chi connectivity index (χ4v) is 4.56. The maximum absolute atomic E-state index is 12.1. The molecular weight excluding hydrogens is 455 g/mol. The van der Waals surface area contributed by atoms with Crippen LogP contribution in [0.2, 0.25) is 10.0 Å². The number of anilines is 2. The predicted molar refractivity (Wildman–Crippen MR) is 126 cm³/mol. The number of carbonyl (C=O) groups excluding carboxylic acids is 1. The minimum Gasteiger partial charge on any atom is -0.486 e. The molecule has 0 unspecified atom stereocenters. The summed E-state index contributed by atoms with van der Waals surface area (Å²) in [5.74, 6) is 1.47. The molecule has 2 N–H and O–H groups in total. The number of benzene rings is 2. The van der Waals surface area contributed by atoms with Gasteiger partial charge in [-0.25, -0.2) is 4.79 Å². The molecule has 1 saturated carbocycles. The van der Waals surface area contributed by atoms with Crippen LogP contribution in [0.15, 0.2) is 42.5 Å². The van der Waals surface area contributed by atoms with Gasteiger partial charge in [0.1, 0.15) is 12.4 Å². The Hall–Kier alpha value is -2.35. The Morgan fingerprint density at radius 1 is 1.00 bits per heavy atom. The first-order valence-corrected chi connectivity index (χ1v) is 11.7. The number of aromatic nitrogens is 2. The fraction of sp³-hybridized carbons (Fsp3) is 0.318. The Balaban J connectivity index is 1.26. The molecule has 0 aliphatic heterocycles. The number of hydrogen-bond donors (Lipinski definition) is 2. The van der Waals surface area contributed by atoms with E-state index in [1.54, 1.807) is 18.2 Å². The van der Waals surface area contributed by atoms with Crippen LogP contribution in [0.1, 0.15) is 48.6 Å². The molecule has 1 heterocycles. The Bertz CT molecular complexity index is 1040. The first-order valence-electron chi connectivity index (χ1n) is 10.1. The Kier molecular flexibility index (Phi) is 7.27. The summed E-state index contributed by atoms with van der Waals surface area (Å²) in [6, 6.07) is 12.7. The fourth-order valence-electron chi connectivity index (χ4n) is 3.61. The lowest BCUT2D eigenvalue weighted by atomic mass is 9.84. The number of halogens is 2. The third kappa shape index (κ3) is 6.09. The van der Waals surface area contributed by atoms with Gasteiger partial charge in [0.05, 0.1) is 10.0 Å². The number of nitrogens with one attached hydrogen (secondary N) is 2. The number of rotatable bonds is 6. The molecule has 0 bridgehead atoms. The van der Waals surface area contributed by atoms with Crippen molar-refractivity contribution in [1.82, 2.24) is 10.2 Å². The molecule has 1 fully saturated rings. The van der Waals surface area contributed by atoms with Crippen molar-refractivity contribution in [3.63, 3.8) is 0 Å². The van der Waals surface area contributed by atoms with Gasteiger partial charge >= 0.3 is 6.03 Å². The normalized spacial score (nSPS) is 14.3. The van der Waals surface area contributed by atoms with E-state index in [9.17, 15) is 4.79 Å². The lowest BCUT2D eigenvalue weighted by Crippen LogP contribution is -2.19. The highest BCUT2D eigenvalue weighted by atomic mass is 35.5. The van der Waals surface area contributed by atoms with Gasteiger partial charge in [-0.1, -0.05) is 65.9 Å². The van der Waals surface area contributed by atoms with Crippen LogP contribution in [0.25, 0.3) is 0 Å². The first-order chi connectivity index (χ1) is 15.1. The highest BCUT2D eigenvalue weighted by Gasteiger charge is 2.15. The van der Waals surface area contributed by atoms with Crippen LogP contribution < -0.4 is 15.4 Å². The van der Waals surface area contributed by atoms with Gasteiger partial charge in [-0.15, -0.1) is 10.2 Å². The molecule has 2 aromatic carbocycles. The van der Waals surface area contributed by atoms with Gasteiger partial charge in [0.15, 0.2) is 5.01 Å². The lowest BCUT2D eigenvalue weighted by Gasteiger charge is -2.22. The molecule has 31 heavy (non-hydrogen) atoms. The molecule has 6 nitrogen and oxygen atoms in total. The van der Waals surface area contributed by atoms with Crippen molar-refractivity contribution in [2.45, 2.75) is 44.6 Å². The van der Waals surface area contributed by atoms with Gasteiger partial charge in [0.25, 0.3) is 0 Å². The monoisotopic (exact) mass is 476 g/mol. The minimum atomic E-state index is -0.444. The molecule has 3 aromatic rings. The molecule has 4 rings (SSSR count). The average Bonchev–Trinajstić information content (AvgIpc) is 3.23. The smallest absolute Gasteiger partial charge is 0.325 e. The molecular formula is C22H22Cl2N4O2S. The zero-order valence-corrected chi connectivity index (χ0v) is 19.1. The second kappa shape index (κ2) is 10.3. The van der Waals surface area contributed by atoms with E-state index in [-0.39, 0.29) is 6.61 Å². The summed E-state index contributed by atoms with van der Waals surface area (Å²) in [4.78, 5) is 12.1. The quantitative estimate of drug-likeness (QED) is 0.397. The first kappa shape index (κ1) is 21.9. The largest absolute Gasteiger partial charge is 0.486 e. The Labute approximate surface area is 194 Å². The van der Waals surface area contributed by atoms with E-state index >= 15 is 0 Å². The van der Waals surface area contributed by atoms with Gasteiger partial charge in [-0.2, -0.15) is 0 Å². The number of hydrogen-bond acceptors (Lipinski definition) is 5. The summed E-state index contributed by atoms with van der Waals surface area (Å²) in [7, 11) is 0. The second-order valence-corrected chi connectivity index (χ2v) is 9.28. The van der Waals surface area contributed by atoms with Gasteiger partial charge in [0, 0.05) is 5.69 Å². The van der Waals surface area contributed by atoms with Gasteiger partial charge in [-0.05, 0) is 54.7 Å². The minimum absolute atomic E-state index is 0.288. The standard InChI is InChI=1S/C22H22Cl2N4O2S/c23-18-11-8-16(12-19(18)24)25-21(29)26-22-28-27-20(31-22)13-30-17-9-6-15(7-10-17)14-4-2-1-3-5-14/h6-12,14H,1-5,13H2,(H2,25,26,28,29). The van der Waals surface area contributed by atoms with E-state index in [0.717, 1.165) is 5.75 Å². The van der Waals surface area contributed by atoms with Crippen LogP contribution in [0.5, 0.6) is 5.75 Å². The maximum atomic E-state index is 12.1. The number of nitrogens with zero attached hydrogens (tertiary/aromatic N) is 2. The van der Waals surface area contributed by atoms with Crippen molar-refractivity contribution in [3.05, 3.63) is 63.1 Å². The highest BCUT2D eigenvalue weighted by Crippen LogP contribution is 2.33. The van der Waals surface area contributed by atoms with E-state index < -0.39 is 6.03 Å². The van der Waals surface area contributed by atoms with Crippen molar-refractivity contribution >= 4 is 51.4 Å². The zero-order chi connectivity index (χ0) is 21.6. The molecule has 1 aromatic heterocycles. The Morgan fingerprint density at radius 3 is 2.52 bits per heavy atom. The predicted octanol–water partition coefficient (Wildman–Crippen LogP) is 7.12. The van der Waals surface area contributed by atoms with Gasteiger partial charge in [-0.3, -0.25) is 5.32 Å². The van der Waals surface area contributed by atoms with Crippen LogP contribution in [0, 0.1) is 0 Å². The average molecular weight is 477 g/mol. The molecule has 1 aliphatic carbocycles. The van der Waals surface area contributed by atoms with E-state index in [1.807, 2.05) is 12.1 Å². The zero-order valence-electron chi connectivity index (χ0n) is 16.7. The summed E-state index contributed by atoms with van der Waals surface area (Å²) in [6.45, 7) is 0.288. The molecule has 2 amide bonds. The summed E-state index contributed by atoms with van der Waals surface area (Å²) < 4.78 is 5.83. The third-order valence-electron chi connectivity index (χ3n) is 5.18. The number of ether oxygens (including phenoxy) is 1. The number of amides is 2. The van der Waals surface area contributed by atoms with Crippen molar-refractivity contribution in [2.75, 3.05) is 10.6 Å². The van der Waals surface area contributed by atoms with Crippen molar-refractivity contribution in [2.24, 2.45) is 0 Å². The van der Waals surface area contributed by atoms with Gasteiger partial charge in [0.2, 0.25) is 5.13 Å². The van der Waals surface area contributed by atoms with Crippen LogP contribution in [-0.4, -0.2) is 16.2 Å². The molecule has 9 heteroatoms. The summed E-state index contributed by atoms with van der Waals surface area (Å²) in [6.07, 6.45) is 6.55. The number of urea groups is 1. The van der Waals surface area contributed by atoms with Crippen molar-refractivity contribution < 1.29 is 9.53 Å². The molecule has 0 radical (unpaired) electrons. The Morgan fingerprint density at radius 2 is 1.77 bits per heavy atom. The highest BCUT2D eigenvalue weighted by molar-refractivity contribution is 7.15. The topological polar surface area (TPSA) is 76.1 Å². The van der Waals surface area contributed by atoms with E-state index in [4.69, 9.17) is 27.9 Å². The SMILES string of the molecule is O=C(Nc1ccc(Cl)c(Cl)c1)Nc1nnc(COc2ccc(C3CCCCC3)cc2)s1. The summed E-state index contributed by atoms with van der Waals surface area (Å²) >= 11 is 13.1. The summed E-state index contributed by atoms with van der Waals surface area (Å²) in [5, 5.41) is 15.2. The lowest BCUT2D eigenvalue weighted by molar-refractivity contribution is 0.262. The molecule has 0 saturated heterocycles. The van der Waals surface area contributed by atoms with Crippen molar-refractivity contribution in [1.29, 1.82) is 0 Å². The van der Waals surface area contributed by atoms with Crippen LogP contribution >= 0.6 is 34.5 Å². The molecule has 0 atom stereocenters. The third-order valence-corrected chi connectivity index (χ3v) is 6.73. The summed E-state index contributed by atoms with van der Waals surface area (Å²) in [5.41, 5.74) is 1.92. The molecule has 0 spiro atoms. The maximum Gasteiger partial charge on any atom is 0.325 e. The van der Waals surface area contributed by atoms with Crippen LogP contribution in [-0.2, 0) is 6.61 Å². The second-order valence-electron chi connectivity index (χ2n) is 7.40.